The molecule has 0 aliphatic rings. The van der Waals surface area contributed by atoms with E-state index in [2.05, 4.69) is 9.72 Å². The topological polar surface area (TPSA) is 137 Å². The van der Waals surface area contributed by atoms with Gasteiger partial charge in [0.15, 0.2) is 11.9 Å². The molecule has 0 saturated carbocycles. The summed E-state index contributed by atoms with van der Waals surface area (Å²) in [6, 6.07) is 7.99. The molecule has 0 radical (unpaired) electrons. The minimum atomic E-state index is -3.15. The molecule has 0 saturated heterocycles. The van der Waals surface area contributed by atoms with Crippen LogP contribution in [0.1, 0.15) is 17.3 Å². The van der Waals surface area contributed by atoms with E-state index in [4.69, 9.17) is 10.5 Å². The highest BCUT2D eigenvalue weighted by atomic mass is 19.3. The van der Waals surface area contributed by atoms with Crippen molar-refractivity contribution in [2.24, 2.45) is 0 Å². The number of rotatable bonds is 6. The van der Waals surface area contributed by atoms with Crippen molar-refractivity contribution in [3.63, 3.8) is 0 Å². The van der Waals surface area contributed by atoms with Gasteiger partial charge in [0.1, 0.15) is 11.3 Å². The van der Waals surface area contributed by atoms with Crippen LogP contribution in [0, 0.1) is 0 Å². The van der Waals surface area contributed by atoms with Crippen LogP contribution in [0.4, 0.5) is 14.5 Å². The van der Waals surface area contributed by atoms with E-state index in [1.54, 1.807) is 0 Å². The Morgan fingerprint density at radius 3 is 2.38 bits per heavy atom. The zero-order valence-electron chi connectivity index (χ0n) is 14.9. The Bertz CT molecular complexity index is 1130. The molecule has 11 heteroatoms. The van der Waals surface area contributed by atoms with Crippen LogP contribution in [0.3, 0.4) is 0 Å². The standard InChI is InChI=1S/C18H15F2N3O6/c1-8(24)28-10-4-2-9(3-5-10)23-15-11(6-7-12(22-15)29-18(19)20)14(21)13(16(23)25)17(26)27/h2-8,18,24H,21H2,1H3,(H,26,27)/t8-/m1/s1. The number of benzene rings is 1. The smallest absolute Gasteiger partial charge is 0.388 e. The summed E-state index contributed by atoms with van der Waals surface area (Å²) in [6.45, 7) is -1.74. The number of aromatic nitrogens is 2. The molecule has 0 fully saturated rings. The molecule has 2 aromatic heterocycles. The first kappa shape index (κ1) is 20.0. The zero-order valence-corrected chi connectivity index (χ0v) is 14.9. The largest absolute Gasteiger partial charge is 0.477 e. The highest BCUT2D eigenvalue weighted by Gasteiger charge is 2.22. The first-order valence-corrected chi connectivity index (χ1v) is 8.17. The lowest BCUT2D eigenvalue weighted by Gasteiger charge is -2.15. The normalized spacial score (nSPS) is 12.2. The van der Waals surface area contributed by atoms with Gasteiger partial charge in [-0.05, 0) is 37.3 Å². The zero-order chi connectivity index (χ0) is 21.3. The molecule has 0 aliphatic carbocycles. The number of halogens is 2. The summed E-state index contributed by atoms with van der Waals surface area (Å²) in [7, 11) is 0. The fourth-order valence-corrected chi connectivity index (χ4v) is 2.74. The number of anilines is 1. The summed E-state index contributed by atoms with van der Waals surface area (Å²) in [4.78, 5) is 28.3. The van der Waals surface area contributed by atoms with E-state index in [1.807, 2.05) is 0 Å². The Morgan fingerprint density at radius 2 is 1.83 bits per heavy atom. The van der Waals surface area contributed by atoms with Gasteiger partial charge in [-0.25, -0.2) is 4.79 Å². The van der Waals surface area contributed by atoms with Gasteiger partial charge in [0.2, 0.25) is 5.88 Å². The molecule has 0 aliphatic heterocycles. The Hall–Kier alpha value is -3.73. The molecule has 2 heterocycles. The van der Waals surface area contributed by atoms with Crippen LogP contribution in [-0.2, 0) is 0 Å². The molecule has 29 heavy (non-hydrogen) atoms. The van der Waals surface area contributed by atoms with Crippen LogP contribution in [0.15, 0.2) is 41.2 Å². The van der Waals surface area contributed by atoms with Crippen molar-refractivity contribution in [2.75, 3.05) is 5.73 Å². The maximum Gasteiger partial charge on any atom is 0.388 e. The number of carboxylic acid groups (broad SMARTS) is 1. The molecule has 0 spiro atoms. The van der Waals surface area contributed by atoms with Crippen LogP contribution in [0.2, 0.25) is 0 Å². The fraction of sp³-hybridized carbons (Fsp3) is 0.167. The molecule has 1 aromatic carbocycles. The average molecular weight is 407 g/mol. The van der Waals surface area contributed by atoms with Crippen LogP contribution in [-0.4, -0.2) is 38.6 Å². The number of carboxylic acids is 1. The Kier molecular flexibility index (Phi) is 5.33. The lowest BCUT2D eigenvalue weighted by atomic mass is 10.1. The minimum absolute atomic E-state index is 0.0629. The predicted molar refractivity (Wildman–Crippen MR) is 97.7 cm³/mol. The number of hydrogen-bond donors (Lipinski definition) is 3. The van der Waals surface area contributed by atoms with Crippen LogP contribution in [0.5, 0.6) is 11.6 Å². The first-order valence-electron chi connectivity index (χ1n) is 8.17. The third-order valence-corrected chi connectivity index (χ3v) is 3.86. The number of pyridine rings is 2. The SMILES string of the molecule is C[C@H](O)Oc1ccc(-n2c(=O)c(C(=O)O)c(N)c3ccc(OC(F)F)nc32)cc1. The molecule has 0 unspecified atom stereocenters. The lowest BCUT2D eigenvalue weighted by molar-refractivity contribution is -0.0526. The number of aliphatic hydroxyl groups excluding tert-OH is 1. The van der Waals surface area contributed by atoms with Gasteiger partial charge in [-0.1, -0.05) is 0 Å². The number of nitrogen functional groups attached to an aromatic ring is 1. The van der Waals surface area contributed by atoms with Gasteiger partial charge < -0.3 is 25.4 Å². The second kappa shape index (κ2) is 7.72. The molecule has 9 nitrogen and oxygen atoms in total. The quantitative estimate of drug-likeness (QED) is 0.528. The van der Waals surface area contributed by atoms with E-state index in [9.17, 15) is 28.6 Å². The number of fused-ring (bicyclic) bond motifs is 1. The molecule has 3 rings (SSSR count). The van der Waals surface area contributed by atoms with Gasteiger partial charge >= 0.3 is 12.6 Å². The Labute approximate surface area is 161 Å². The molecule has 4 N–H and O–H groups in total. The summed E-state index contributed by atoms with van der Waals surface area (Å²) >= 11 is 0. The molecular formula is C18H15F2N3O6. The van der Waals surface area contributed by atoms with E-state index >= 15 is 0 Å². The Morgan fingerprint density at radius 1 is 1.17 bits per heavy atom. The van der Waals surface area contributed by atoms with Gasteiger partial charge in [-0.3, -0.25) is 9.36 Å². The number of nitrogens with zero attached hydrogens (tertiary/aromatic N) is 2. The lowest BCUT2D eigenvalue weighted by Crippen LogP contribution is -2.28. The molecular weight excluding hydrogens is 392 g/mol. The van der Waals surface area contributed by atoms with Crippen molar-refractivity contribution in [1.29, 1.82) is 0 Å². The van der Waals surface area contributed by atoms with Crippen molar-refractivity contribution < 1.29 is 33.3 Å². The van der Waals surface area contributed by atoms with Gasteiger partial charge in [0.25, 0.3) is 5.56 Å². The number of alkyl halides is 2. The van der Waals surface area contributed by atoms with Crippen molar-refractivity contribution >= 4 is 22.7 Å². The monoisotopic (exact) mass is 407 g/mol. The minimum Gasteiger partial charge on any atom is -0.477 e. The summed E-state index contributed by atoms with van der Waals surface area (Å²) in [6.07, 6.45) is -1.07. The third-order valence-electron chi connectivity index (χ3n) is 3.86. The van der Waals surface area contributed by atoms with Crippen molar-refractivity contribution in [3.05, 3.63) is 52.3 Å². The molecule has 3 aromatic rings. The maximum atomic E-state index is 12.8. The van der Waals surface area contributed by atoms with Gasteiger partial charge in [0, 0.05) is 11.5 Å². The summed E-state index contributed by atoms with van der Waals surface area (Å²) in [5.74, 6) is -1.74. The number of aliphatic hydroxyl groups is 1. The van der Waals surface area contributed by atoms with Gasteiger partial charge in [0.05, 0.1) is 11.4 Å². The maximum absolute atomic E-state index is 12.8. The first-order chi connectivity index (χ1) is 13.7. The van der Waals surface area contributed by atoms with E-state index < -0.39 is 35.9 Å². The van der Waals surface area contributed by atoms with Crippen LogP contribution in [0.25, 0.3) is 16.7 Å². The summed E-state index contributed by atoms with van der Waals surface area (Å²) in [5.41, 5.74) is 3.79. The Balaban J connectivity index is 2.30. The molecule has 152 valence electrons. The average Bonchev–Trinajstić information content (AvgIpc) is 2.61. The molecule has 0 bridgehead atoms. The number of hydrogen-bond acceptors (Lipinski definition) is 7. The highest BCUT2D eigenvalue weighted by Crippen LogP contribution is 2.27. The van der Waals surface area contributed by atoms with E-state index in [1.165, 1.54) is 37.3 Å². The highest BCUT2D eigenvalue weighted by molar-refractivity contribution is 6.03. The number of carbonyl (C=O) groups is 1. The van der Waals surface area contributed by atoms with E-state index in [0.717, 1.165) is 10.6 Å². The van der Waals surface area contributed by atoms with Gasteiger partial charge in [-0.2, -0.15) is 13.8 Å². The van der Waals surface area contributed by atoms with Crippen molar-refractivity contribution in [3.8, 4) is 17.3 Å². The second-order valence-corrected chi connectivity index (χ2v) is 5.84. The number of nitrogens with two attached hydrogens (primary N) is 1. The fourth-order valence-electron chi connectivity index (χ4n) is 2.74. The number of ether oxygens (including phenoxy) is 2. The second-order valence-electron chi connectivity index (χ2n) is 5.84. The van der Waals surface area contributed by atoms with Crippen molar-refractivity contribution in [2.45, 2.75) is 19.8 Å². The summed E-state index contributed by atoms with van der Waals surface area (Å²) < 4.78 is 35.4. The predicted octanol–water partition coefficient (Wildman–Crippen LogP) is 1.98. The molecule has 1 atom stereocenters. The van der Waals surface area contributed by atoms with Crippen molar-refractivity contribution in [1.82, 2.24) is 9.55 Å². The van der Waals surface area contributed by atoms with Gasteiger partial charge in [-0.15, -0.1) is 0 Å². The third kappa shape index (κ3) is 3.94. The van der Waals surface area contributed by atoms with E-state index in [-0.39, 0.29) is 28.2 Å². The number of aromatic carboxylic acids is 1. The van der Waals surface area contributed by atoms with Crippen LogP contribution < -0.4 is 20.8 Å². The van der Waals surface area contributed by atoms with Crippen LogP contribution >= 0.6 is 0 Å². The summed E-state index contributed by atoms with van der Waals surface area (Å²) in [5, 5.41) is 18.7. The van der Waals surface area contributed by atoms with E-state index in [0.29, 0.717) is 0 Å². The molecule has 0 amide bonds.